The summed E-state index contributed by atoms with van der Waals surface area (Å²) in [6.45, 7) is 13.6. The molecule has 4 aliphatic rings. The van der Waals surface area contributed by atoms with Crippen LogP contribution >= 0.6 is 0 Å². The van der Waals surface area contributed by atoms with Gasteiger partial charge in [0.2, 0.25) is 0 Å². The van der Waals surface area contributed by atoms with Crippen LogP contribution < -0.4 is 0 Å². The molecule has 0 aromatic rings. The van der Waals surface area contributed by atoms with Crippen molar-refractivity contribution in [3.05, 3.63) is 23.8 Å². The van der Waals surface area contributed by atoms with E-state index in [1.807, 2.05) is 0 Å². The predicted octanol–water partition coefficient (Wildman–Crippen LogP) is 6.45. The lowest BCUT2D eigenvalue weighted by Crippen LogP contribution is -2.55. The van der Waals surface area contributed by atoms with Crippen molar-refractivity contribution in [3.8, 4) is 0 Å². The van der Waals surface area contributed by atoms with Gasteiger partial charge < -0.3 is 5.11 Å². The number of hydrogen-bond acceptors (Lipinski definition) is 4. The zero-order valence-electron chi connectivity index (χ0n) is 21.8. The Kier molecular flexibility index (Phi) is 7.37. The quantitative estimate of drug-likeness (QED) is 0.289. The molecular formula is C28H44O6S. The van der Waals surface area contributed by atoms with Crippen molar-refractivity contribution in [1.82, 2.24) is 0 Å². The van der Waals surface area contributed by atoms with Gasteiger partial charge in [-0.1, -0.05) is 51.5 Å². The summed E-state index contributed by atoms with van der Waals surface area (Å²) in [7, 11) is -4.55. The highest BCUT2D eigenvalue weighted by Gasteiger charge is 2.62. The molecule has 35 heavy (non-hydrogen) atoms. The van der Waals surface area contributed by atoms with Crippen molar-refractivity contribution in [2.75, 3.05) is 0 Å². The number of allylic oxidation sites excluding steroid dienone is 2. The summed E-state index contributed by atoms with van der Waals surface area (Å²) < 4.78 is 36.5. The van der Waals surface area contributed by atoms with Gasteiger partial charge in [-0.15, -0.1) is 0 Å². The van der Waals surface area contributed by atoms with E-state index in [1.54, 1.807) is 0 Å². The fourth-order valence-corrected chi connectivity index (χ4v) is 9.32. The molecule has 3 saturated carbocycles. The Morgan fingerprint density at radius 1 is 1.17 bits per heavy atom. The van der Waals surface area contributed by atoms with Crippen LogP contribution in [-0.4, -0.2) is 30.2 Å². The van der Waals surface area contributed by atoms with Gasteiger partial charge >= 0.3 is 16.4 Å². The minimum absolute atomic E-state index is 0.0829. The summed E-state index contributed by atoms with van der Waals surface area (Å²) >= 11 is 0. The highest BCUT2D eigenvalue weighted by molar-refractivity contribution is 7.80. The molecule has 0 spiro atoms. The standard InChI is InChI=1S/C28H44O6S/c1-17(2)18(3)6-7-19(4)23-10-11-24-22-9-8-20-16-21(34-35(31,32)33)12-15-28(20,26(29)30)25(22)13-14-27(23,24)5/h8,17,19,21-25H,3,6-7,9-16H2,1-2,4-5H3,(H,29,30)(H,31,32,33). The van der Waals surface area contributed by atoms with E-state index in [4.69, 9.17) is 8.74 Å². The van der Waals surface area contributed by atoms with Gasteiger partial charge in [0.15, 0.2) is 0 Å². The fraction of sp³-hybridized carbons (Fsp3) is 0.821. The first-order valence-corrected chi connectivity index (χ1v) is 14.9. The zero-order chi connectivity index (χ0) is 25.8. The Balaban J connectivity index is 1.54. The van der Waals surface area contributed by atoms with Crippen LogP contribution in [0.2, 0.25) is 0 Å². The van der Waals surface area contributed by atoms with Crippen LogP contribution in [-0.2, 0) is 19.4 Å². The number of carboxylic acids is 1. The smallest absolute Gasteiger partial charge is 0.397 e. The second-order valence-electron chi connectivity index (χ2n) is 12.6. The van der Waals surface area contributed by atoms with Crippen molar-refractivity contribution in [3.63, 3.8) is 0 Å². The second kappa shape index (κ2) is 9.60. The molecule has 4 aliphatic carbocycles. The lowest BCUT2D eigenvalue weighted by atomic mass is 9.46. The minimum Gasteiger partial charge on any atom is -0.481 e. The maximum absolute atomic E-state index is 12.8. The third kappa shape index (κ3) is 4.77. The summed E-state index contributed by atoms with van der Waals surface area (Å²) in [5.74, 6) is 2.02. The maximum atomic E-state index is 12.8. The topological polar surface area (TPSA) is 101 Å². The first kappa shape index (κ1) is 26.9. The molecule has 4 rings (SSSR count). The van der Waals surface area contributed by atoms with Gasteiger partial charge in [0, 0.05) is 0 Å². The Morgan fingerprint density at radius 3 is 2.51 bits per heavy atom. The average Bonchev–Trinajstić information content (AvgIpc) is 3.12. The van der Waals surface area contributed by atoms with Gasteiger partial charge in [-0.05, 0) is 105 Å². The zero-order valence-corrected chi connectivity index (χ0v) is 22.6. The molecule has 0 heterocycles. The molecule has 6 nitrogen and oxygen atoms in total. The number of fused-ring (bicyclic) bond motifs is 5. The molecule has 0 saturated heterocycles. The predicted molar refractivity (Wildman–Crippen MR) is 136 cm³/mol. The van der Waals surface area contributed by atoms with Crippen molar-refractivity contribution in [1.29, 1.82) is 0 Å². The number of aliphatic carboxylic acids is 1. The lowest BCUT2D eigenvalue weighted by molar-refractivity contribution is -0.159. The van der Waals surface area contributed by atoms with Crippen molar-refractivity contribution in [2.24, 2.45) is 46.3 Å². The monoisotopic (exact) mass is 508 g/mol. The first-order chi connectivity index (χ1) is 16.3. The molecule has 3 fully saturated rings. The van der Waals surface area contributed by atoms with Crippen LogP contribution in [0.15, 0.2) is 23.8 Å². The number of carboxylic acid groups (broad SMARTS) is 1. The summed E-state index contributed by atoms with van der Waals surface area (Å²) in [5.41, 5.74) is 1.46. The largest absolute Gasteiger partial charge is 0.481 e. The third-order valence-electron chi connectivity index (χ3n) is 10.7. The average molecular weight is 509 g/mol. The second-order valence-corrected chi connectivity index (χ2v) is 13.6. The van der Waals surface area contributed by atoms with Crippen LogP contribution in [0.3, 0.4) is 0 Å². The molecule has 0 bridgehead atoms. The molecule has 0 aliphatic heterocycles. The molecule has 7 heteroatoms. The Labute approximate surface area is 211 Å². The van der Waals surface area contributed by atoms with E-state index < -0.39 is 27.9 Å². The lowest BCUT2D eigenvalue weighted by Gasteiger charge is -2.57. The summed E-state index contributed by atoms with van der Waals surface area (Å²) in [6, 6.07) is 0. The molecule has 2 N–H and O–H groups in total. The van der Waals surface area contributed by atoms with Gasteiger partial charge in [-0.3, -0.25) is 9.35 Å². The van der Waals surface area contributed by atoms with Gasteiger partial charge in [-0.2, -0.15) is 8.42 Å². The highest BCUT2D eigenvalue weighted by Crippen LogP contribution is 2.67. The summed E-state index contributed by atoms with van der Waals surface area (Å²) in [6.07, 6.45) is 9.85. The molecule has 0 amide bonds. The van der Waals surface area contributed by atoms with Crippen LogP contribution in [0.4, 0.5) is 0 Å². The maximum Gasteiger partial charge on any atom is 0.397 e. The molecule has 198 valence electrons. The number of rotatable bonds is 8. The normalized spacial score (nSPS) is 39.8. The Hall–Kier alpha value is -1.18. The van der Waals surface area contributed by atoms with Gasteiger partial charge in [0.25, 0.3) is 0 Å². The van der Waals surface area contributed by atoms with Crippen LogP contribution in [0.25, 0.3) is 0 Å². The van der Waals surface area contributed by atoms with E-state index in [1.165, 1.54) is 24.8 Å². The van der Waals surface area contributed by atoms with E-state index in [0.29, 0.717) is 42.4 Å². The van der Waals surface area contributed by atoms with Gasteiger partial charge in [-0.25, -0.2) is 4.18 Å². The first-order valence-electron chi connectivity index (χ1n) is 13.6. The highest BCUT2D eigenvalue weighted by atomic mass is 32.3. The summed E-state index contributed by atoms with van der Waals surface area (Å²) in [5, 5.41) is 10.5. The van der Waals surface area contributed by atoms with E-state index in [2.05, 4.69) is 40.3 Å². The molecule has 8 unspecified atom stereocenters. The van der Waals surface area contributed by atoms with Crippen molar-refractivity contribution in [2.45, 2.75) is 98.0 Å². The molecule has 0 radical (unpaired) electrons. The summed E-state index contributed by atoms with van der Waals surface area (Å²) in [4.78, 5) is 12.8. The van der Waals surface area contributed by atoms with E-state index in [-0.39, 0.29) is 17.8 Å². The van der Waals surface area contributed by atoms with Gasteiger partial charge in [0.1, 0.15) is 0 Å². The van der Waals surface area contributed by atoms with Crippen molar-refractivity contribution < 1.29 is 27.1 Å². The third-order valence-corrected chi connectivity index (χ3v) is 11.2. The SMILES string of the molecule is C=C(CCC(C)C1CCC2C3CC=C4CC(OS(=O)(=O)O)CCC4(C(=O)O)C3CCC12C)C(C)C. The Morgan fingerprint density at radius 2 is 1.89 bits per heavy atom. The van der Waals surface area contributed by atoms with Crippen LogP contribution in [0.1, 0.15) is 91.9 Å². The van der Waals surface area contributed by atoms with E-state index >= 15 is 0 Å². The Bertz CT molecular complexity index is 983. The fourth-order valence-electron chi connectivity index (χ4n) is 8.81. The van der Waals surface area contributed by atoms with Crippen LogP contribution in [0.5, 0.6) is 0 Å². The molecule has 0 aromatic heterocycles. The minimum atomic E-state index is -4.55. The van der Waals surface area contributed by atoms with E-state index in [0.717, 1.165) is 31.3 Å². The van der Waals surface area contributed by atoms with E-state index in [9.17, 15) is 18.3 Å². The van der Waals surface area contributed by atoms with Crippen molar-refractivity contribution >= 4 is 16.4 Å². The molecule has 8 atom stereocenters. The van der Waals surface area contributed by atoms with Crippen LogP contribution in [0, 0.1) is 46.3 Å². The van der Waals surface area contributed by atoms with Gasteiger partial charge in [0.05, 0.1) is 11.5 Å². The molecule has 0 aromatic carbocycles. The molecular weight excluding hydrogens is 464 g/mol. The number of carbonyl (C=O) groups is 1. The number of hydrogen-bond donors (Lipinski definition) is 2.